The SMILES string of the molecule is COC(=O)Nc1nc2ncc(Sc3ccccc3OC)cc2[nH]1. The van der Waals surface area contributed by atoms with E-state index >= 15 is 0 Å². The Morgan fingerprint density at radius 3 is 2.91 bits per heavy atom. The van der Waals surface area contributed by atoms with E-state index in [2.05, 4.69) is 25.0 Å². The van der Waals surface area contributed by atoms with E-state index in [1.54, 1.807) is 13.3 Å². The van der Waals surface area contributed by atoms with Crippen LogP contribution in [0, 0.1) is 0 Å². The molecule has 3 rings (SSSR count). The molecule has 7 nitrogen and oxygen atoms in total. The largest absolute Gasteiger partial charge is 0.496 e. The van der Waals surface area contributed by atoms with Crippen molar-refractivity contribution in [2.45, 2.75) is 9.79 Å². The molecule has 3 aromatic rings. The maximum Gasteiger partial charge on any atom is 0.413 e. The molecular weight excluding hydrogens is 316 g/mol. The predicted octanol–water partition coefficient (Wildman–Crippen LogP) is 3.30. The second-order valence-corrected chi connectivity index (χ2v) is 5.61. The molecule has 8 heteroatoms. The highest BCUT2D eigenvalue weighted by Crippen LogP contribution is 2.35. The molecule has 23 heavy (non-hydrogen) atoms. The van der Waals surface area contributed by atoms with E-state index in [0.717, 1.165) is 21.1 Å². The standard InChI is InChI=1S/C15H14N4O3S/c1-21-11-5-3-4-6-12(11)23-9-7-10-13(16-8-9)18-14(17-10)19-15(20)22-2/h3-8H,1-2H3,(H2,16,17,18,19,20). The summed E-state index contributed by atoms with van der Waals surface area (Å²) in [6.07, 6.45) is 1.13. The monoisotopic (exact) mass is 330 g/mol. The van der Waals surface area contributed by atoms with Crippen LogP contribution in [0.3, 0.4) is 0 Å². The lowest BCUT2D eigenvalue weighted by atomic mass is 10.3. The zero-order valence-corrected chi connectivity index (χ0v) is 13.3. The van der Waals surface area contributed by atoms with Gasteiger partial charge in [-0.15, -0.1) is 0 Å². The zero-order valence-electron chi connectivity index (χ0n) is 12.5. The maximum absolute atomic E-state index is 11.2. The Bertz CT molecular complexity index is 850. The molecule has 1 amide bonds. The molecule has 0 bridgehead atoms. The fourth-order valence-electron chi connectivity index (χ4n) is 1.97. The molecule has 0 saturated carbocycles. The van der Waals surface area contributed by atoms with Gasteiger partial charge in [-0.3, -0.25) is 5.32 Å². The lowest BCUT2D eigenvalue weighted by Gasteiger charge is -2.07. The van der Waals surface area contributed by atoms with E-state index in [1.165, 1.54) is 18.9 Å². The van der Waals surface area contributed by atoms with Crippen molar-refractivity contribution in [3.63, 3.8) is 0 Å². The van der Waals surface area contributed by atoms with Crippen molar-refractivity contribution >= 4 is 35.0 Å². The fourth-order valence-corrected chi connectivity index (χ4v) is 2.91. The molecule has 1 aromatic carbocycles. The number of fused-ring (bicyclic) bond motifs is 1. The van der Waals surface area contributed by atoms with Crippen LogP contribution in [0.1, 0.15) is 0 Å². The Morgan fingerprint density at radius 2 is 2.13 bits per heavy atom. The third-order valence-electron chi connectivity index (χ3n) is 3.02. The second-order valence-electron chi connectivity index (χ2n) is 4.50. The van der Waals surface area contributed by atoms with Crippen LogP contribution >= 0.6 is 11.8 Å². The number of amides is 1. The van der Waals surface area contributed by atoms with Crippen molar-refractivity contribution in [3.8, 4) is 5.75 Å². The van der Waals surface area contributed by atoms with Crippen LogP contribution in [0.15, 0.2) is 46.3 Å². The molecule has 0 spiro atoms. The molecule has 2 N–H and O–H groups in total. The number of methoxy groups -OCH3 is 2. The predicted molar refractivity (Wildman–Crippen MR) is 87.0 cm³/mol. The summed E-state index contributed by atoms with van der Waals surface area (Å²) < 4.78 is 9.87. The summed E-state index contributed by atoms with van der Waals surface area (Å²) in [7, 11) is 2.93. The Balaban J connectivity index is 1.86. The molecular formula is C15H14N4O3S. The van der Waals surface area contributed by atoms with Gasteiger partial charge in [-0.2, -0.15) is 4.98 Å². The van der Waals surface area contributed by atoms with E-state index < -0.39 is 6.09 Å². The maximum atomic E-state index is 11.2. The first kappa shape index (κ1) is 15.2. The minimum atomic E-state index is -0.590. The van der Waals surface area contributed by atoms with Gasteiger partial charge in [0.2, 0.25) is 5.95 Å². The van der Waals surface area contributed by atoms with Gasteiger partial charge in [-0.25, -0.2) is 9.78 Å². The number of rotatable bonds is 4. The number of nitrogens with zero attached hydrogens (tertiary/aromatic N) is 2. The van der Waals surface area contributed by atoms with E-state index in [1.807, 2.05) is 30.3 Å². The first-order valence-corrected chi connectivity index (χ1v) is 7.53. The summed E-state index contributed by atoms with van der Waals surface area (Å²) >= 11 is 1.53. The van der Waals surface area contributed by atoms with E-state index in [4.69, 9.17) is 4.74 Å². The van der Waals surface area contributed by atoms with Gasteiger partial charge in [0.05, 0.1) is 24.6 Å². The van der Waals surface area contributed by atoms with Crippen LogP contribution in [0.2, 0.25) is 0 Å². The van der Waals surface area contributed by atoms with Gasteiger partial charge in [0.25, 0.3) is 0 Å². The van der Waals surface area contributed by atoms with E-state index in [-0.39, 0.29) is 0 Å². The molecule has 0 atom stereocenters. The number of benzene rings is 1. The minimum Gasteiger partial charge on any atom is -0.496 e. The number of aromatic amines is 1. The Kier molecular flexibility index (Phi) is 4.33. The van der Waals surface area contributed by atoms with Crippen molar-refractivity contribution in [1.82, 2.24) is 15.0 Å². The zero-order chi connectivity index (χ0) is 16.2. The van der Waals surface area contributed by atoms with Gasteiger partial charge in [0.15, 0.2) is 5.65 Å². The quantitative estimate of drug-likeness (QED) is 0.763. The average molecular weight is 330 g/mol. The number of imidazole rings is 1. The molecule has 0 aliphatic rings. The van der Waals surface area contributed by atoms with Gasteiger partial charge < -0.3 is 14.5 Å². The third-order valence-corrected chi connectivity index (χ3v) is 4.03. The number of carbonyl (C=O) groups excluding carboxylic acids is 1. The fraction of sp³-hybridized carbons (Fsp3) is 0.133. The van der Waals surface area contributed by atoms with Crippen LogP contribution in [0.5, 0.6) is 5.75 Å². The molecule has 0 fully saturated rings. The number of nitrogens with one attached hydrogen (secondary N) is 2. The van der Waals surface area contributed by atoms with Crippen molar-refractivity contribution in [3.05, 3.63) is 36.5 Å². The molecule has 0 aliphatic heterocycles. The van der Waals surface area contributed by atoms with E-state index in [0.29, 0.717) is 11.6 Å². The summed E-state index contributed by atoms with van der Waals surface area (Å²) in [6, 6.07) is 9.66. The highest BCUT2D eigenvalue weighted by atomic mass is 32.2. The molecule has 0 aliphatic carbocycles. The lowest BCUT2D eigenvalue weighted by molar-refractivity contribution is 0.186. The summed E-state index contributed by atoms with van der Waals surface area (Å²) in [5, 5.41) is 2.47. The first-order valence-electron chi connectivity index (χ1n) is 6.71. The topological polar surface area (TPSA) is 89.1 Å². The van der Waals surface area contributed by atoms with Crippen LogP contribution in [0.25, 0.3) is 11.2 Å². The Hall–Kier alpha value is -2.74. The molecule has 2 heterocycles. The van der Waals surface area contributed by atoms with Crippen molar-refractivity contribution in [2.75, 3.05) is 19.5 Å². The molecule has 0 radical (unpaired) electrons. The van der Waals surface area contributed by atoms with Gasteiger partial charge >= 0.3 is 6.09 Å². The number of hydrogen-bond acceptors (Lipinski definition) is 6. The highest BCUT2D eigenvalue weighted by Gasteiger charge is 2.10. The summed E-state index contributed by atoms with van der Waals surface area (Å²) in [5.41, 5.74) is 1.23. The van der Waals surface area contributed by atoms with Crippen LogP contribution in [0.4, 0.5) is 10.7 Å². The summed E-state index contributed by atoms with van der Waals surface area (Å²) in [4.78, 5) is 24.6. The summed E-state index contributed by atoms with van der Waals surface area (Å²) in [5.74, 6) is 1.09. The number of pyridine rings is 1. The number of hydrogen-bond donors (Lipinski definition) is 2. The minimum absolute atomic E-state index is 0.291. The van der Waals surface area contributed by atoms with Gasteiger partial charge in [0.1, 0.15) is 5.75 Å². The molecule has 118 valence electrons. The van der Waals surface area contributed by atoms with Crippen molar-refractivity contribution in [2.24, 2.45) is 0 Å². The molecule has 0 saturated heterocycles. The third kappa shape index (κ3) is 3.37. The van der Waals surface area contributed by atoms with Gasteiger partial charge in [0, 0.05) is 11.1 Å². The molecule has 0 unspecified atom stereocenters. The number of H-pyrrole nitrogens is 1. The van der Waals surface area contributed by atoms with Crippen molar-refractivity contribution in [1.29, 1.82) is 0 Å². The second kappa shape index (κ2) is 6.57. The van der Waals surface area contributed by atoms with Crippen LogP contribution in [-0.2, 0) is 4.74 Å². The Morgan fingerprint density at radius 1 is 1.30 bits per heavy atom. The molecule has 2 aromatic heterocycles. The van der Waals surface area contributed by atoms with Crippen molar-refractivity contribution < 1.29 is 14.3 Å². The number of ether oxygens (including phenoxy) is 2. The average Bonchev–Trinajstić information content (AvgIpc) is 2.96. The van der Waals surface area contributed by atoms with E-state index in [9.17, 15) is 4.79 Å². The number of carbonyl (C=O) groups is 1. The number of para-hydroxylation sites is 1. The van der Waals surface area contributed by atoms with Gasteiger partial charge in [-0.05, 0) is 18.2 Å². The number of aromatic nitrogens is 3. The Labute approximate surface area is 136 Å². The van der Waals surface area contributed by atoms with Gasteiger partial charge in [-0.1, -0.05) is 23.9 Å². The van der Waals surface area contributed by atoms with Crippen LogP contribution < -0.4 is 10.1 Å². The highest BCUT2D eigenvalue weighted by molar-refractivity contribution is 7.99. The number of anilines is 1. The lowest BCUT2D eigenvalue weighted by Crippen LogP contribution is -2.11. The first-order chi connectivity index (χ1) is 11.2. The normalized spacial score (nSPS) is 10.5. The van der Waals surface area contributed by atoms with Crippen LogP contribution in [-0.4, -0.2) is 35.3 Å². The summed E-state index contributed by atoms with van der Waals surface area (Å²) in [6.45, 7) is 0. The smallest absolute Gasteiger partial charge is 0.413 e.